The molecule has 0 heterocycles. The van der Waals surface area contributed by atoms with Crippen LogP contribution in [0.3, 0.4) is 0 Å². The number of hydrogen-bond donors (Lipinski definition) is 1. The first-order valence-electron chi connectivity index (χ1n) is 5.48. The summed E-state index contributed by atoms with van der Waals surface area (Å²) in [6.45, 7) is 0.122. The van der Waals surface area contributed by atoms with Crippen LogP contribution in [0.15, 0.2) is 36.4 Å². The van der Waals surface area contributed by atoms with Gasteiger partial charge >= 0.3 is 0 Å². The molecule has 0 aliphatic carbocycles. The second-order valence-corrected chi connectivity index (χ2v) is 3.86. The smallest absolute Gasteiger partial charge is 0.134 e. The fourth-order valence-corrected chi connectivity index (χ4v) is 1.74. The first kappa shape index (κ1) is 12.5. The average Bonchev–Trinajstić information content (AvgIpc) is 2.38. The molecule has 0 atom stereocenters. The summed E-state index contributed by atoms with van der Waals surface area (Å²) in [4.78, 5) is 0. The quantitative estimate of drug-likeness (QED) is 0.907. The lowest BCUT2D eigenvalue weighted by Gasteiger charge is -2.07. The predicted octanol–water partition coefficient (Wildman–Crippen LogP) is 3.10. The van der Waals surface area contributed by atoms with Crippen LogP contribution in [0, 0.1) is 11.6 Å². The molecule has 0 radical (unpaired) electrons. The Labute approximate surface area is 104 Å². The number of ether oxygens (including phenoxy) is 1. The van der Waals surface area contributed by atoms with Gasteiger partial charge in [0.05, 0.1) is 7.11 Å². The minimum atomic E-state index is -0.450. The molecule has 2 rings (SSSR count). The molecule has 18 heavy (non-hydrogen) atoms. The molecule has 0 saturated heterocycles. The summed E-state index contributed by atoms with van der Waals surface area (Å²) < 4.78 is 32.3. The number of hydrogen-bond acceptors (Lipinski definition) is 2. The van der Waals surface area contributed by atoms with Crippen molar-refractivity contribution in [3.63, 3.8) is 0 Å². The van der Waals surface area contributed by atoms with E-state index in [4.69, 9.17) is 10.5 Å². The zero-order chi connectivity index (χ0) is 13.1. The van der Waals surface area contributed by atoms with Crippen molar-refractivity contribution in [3.8, 4) is 16.9 Å². The summed E-state index contributed by atoms with van der Waals surface area (Å²) in [5.74, 6) is -0.449. The second kappa shape index (κ2) is 5.14. The molecule has 2 aromatic rings. The van der Waals surface area contributed by atoms with E-state index >= 15 is 0 Å². The largest absolute Gasteiger partial charge is 0.497 e. The van der Waals surface area contributed by atoms with E-state index < -0.39 is 11.6 Å². The zero-order valence-electron chi connectivity index (χ0n) is 9.91. The maximum Gasteiger partial charge on any atom is 0.134 e. The van der Waals surface area contributed by atoms with Gasteiger partial charge in [0, 0.05) is 23.7 Å². The van der Waals surface area contributed by atoms with Gasteiger partial charge in [-0.3, -0.25) is 0 Å². The lowest BCUT2D eigenvalue weighted by Crippen LogP contribution is -1.99. The van der Waals surface area contributed by atoms with E-state index in [9.17, 15) is 8.78 Å². The van der Waals surface area contributed by atoms with Gasteiger partial charge in [-0.1, -0.05) is 12.1 Å². The first-order chi connectivity index (χ1) is 8.65. The van der Waals surface area contributed by atoms with E-state index in [-0.39, 0.29) is 6.54 Å². The Kier molecular flexibility index (Phi) is 3.58. The zero-order valence-corrected chi connectivity index (χ0v) is 9.91. The minimum Gasteiger partial charge on any atom is -0.497 e. The van der Waals surface area contributed by atoms with Gasteiger partial charge in [-0.05, 0) is 23.8 Å². The van der Waals surface area contributed by atoms with Crippen LogP contribution in [-0.4, -0.2) is 7.11 Å². The highest BCUT2D eigenvalue weighted by molar-refractivity contribution is 5.65. The molecule has 0 fully saturated rings. The Morgan fingerprint density at radius 1 is 1.06 bits per heavy atom. The van der Waals surface area contributed by atoms with E-state index in [1.165, 1.54) is 19.2 Å². The van der Waals surface area contributed by atoms with Crippen LogP contribution in [0.25, 0.3) is 11.1 Å². The number of benzene rings is 2. The highest BCUT2D eigenvalue weighted by Gasteiger charge is 2.09. The molecule has 2 aromatic carbocycles. The topological polar surface area (TPSA) is 35.2 Å². The maximum absolute atomic E-state index is 13.8. The van der Waals surface area contributed by atoms with Gasteiger partial charge < -0.3 is 10.5 Å². The monoisotopic (exact) mass is 249 g/mol. The van der Waals surface area contributed by atoms with Gasteiger partial charge in [0.15, 0.2) is 0 Å². The van der Waals surface area contributed by atoms with Crippen molar-refractivity contribution in [2.75, 3.05) is 7.11 Å². The third kappa shape index (κ3) is 2.33. The molecule has 4 heteroatoms. The Bertz CT molecular complexity index is 570. The van der Waals surface area contributed by atoms with Crippen LogP contribution in [0.5, 0.6) is 5.75 Å². The summed E-state index contributed by atoms with van der Waals surface area (Å²) in [5, 5.41) is 0. The van der Waals surface area contributed by atoms with E-state index in [0.717, 1.165) is 0 Å². The van der Waals surface area contributed by atoms with Crippen LogP contribution in [0.4, 0.5) is 8.78 Å². The van der Waals surface area contributed by atoms with Crippen LogP contribution < -0.4 is 10.5 Å². The number of methoxy groups -OCH3 is 1. The third-order valence-corrected chi connectivity index (χ3v) is 2.76. The van der Waals surface area contributed by atoms with Gasteiger partial charge in [0.1, 0.15) is 17.4 Å². The summed E-state index contributed by atoms with van der Waals surface area (Å²) >= 11 is 0. The normalized spacial score (nSPS) is 10.4. The van der Waals surface area contributed by atoms with Crippen molar-refractivity contribution in [1.29, 1.82) is 0 Å². The van der Waals surface area contributed by atoms with Gasteiger partial charge in [0.2, 0.25) is 0 Å². The highest BCUT2D eigenvalue weighted by atomic mass is 19.1. The summed E-state index contributed by atoms with van der Waals surface area (Å²) in [5.41, 5.74) is 6.59. The molecular formula is C14H13F2NO. The molecule has 0 amide bonds. The molecule has 0 aliphatic heterocycles. The molecule has 2 nitrogen and oxygen atoms in total. The minimum absolute atomic E-state index is 0.122. The molecule has 0 aromatic heterocycles. The molecule has 0 spiro atoms. The highest BCUT2D eigenvalue weighted by Crippen LogP contribution is 2.27. The Morgan fingerprint density at radius 3 is 2.39 bits per heavy atom. The second-order valence-electron chi connectivity index (χ2n) is 3.86. The van der Waals surface area contributed by atoms with Crippen molar-refractivity contribution >= 4 is 0 Å². The van der Waals surface area contributed by atoms with Gasteiger partial charge in [0.25, 0.3) is 0 Å². The van der Waals surface area contributed by atoms with E-state index in [1.807, 2.05) is 0 Å². The molecular weight excluding hydrogens is 236 g/mol. The van der Waals surface area contributed by atoms with E-state index in [2.05, 4.69) is 0 Å². The summed E-state index contributed by atoms with van der Waals surface area (Å²) in [6, 6.07) is 8.96. The molecule has 2 N–H and O–H groups in total. The first-order valence-corrected chi connectivity index (χ1v) is 5.48. The lowest BCUT2D eigenvalue weighted by atomic mass is 10.0. The molecule has 94 valence electrons. The lowest BCUT2D eigenvalue weighted by molar-refractivity contribution is 0.411. The predicted molar refractivity (Wildman–Crippen MR) is 66.2 cm³/mol. The van der Waals surface area contributed by atoms with Crippen molar-refractivity contribution in [2.24, 2.45) is 5.73 Å². The van der Waals surface area contributed by atoms with Crippen LogP contribution in [0.2, 0.25) is 0 Å². The molecule has 0 bridgehead atoms. The Balaban J connectivity index is 2.45. The van der Waals surface area contributed by atoms with Crippen LogP contribution >= 0.6 is 0 Å². The van der Waals surface area contributed by atoms with Crippen molar-refractivity contribution in [3.05, 3.63) is 53.6 Å². The van der Waals surface area contributed by atoms with Crippen LogP contribution in [0.1, 0.15) is 5.56 Å². The average molecular weight is 249 g/mol. The van der Waals surface area contributed by atoms with Gasteiger partial charge in [-0.25, -0.2) is 8.78 Å². The molecule has 0 saturated carbocycles. The van der Waals surface area contributed by atoms with Gasteiger partial charge in [-0.2, -0.15) is 0 Å². The van der Waals surface area contributed by atoms with Crippen LogP contribution in [-0.2, 0) is 6.54 Å². The van der Waals surface area contributed by atoms with E-state index in [1.54, 1.807) is 24.3 Å². The summed E-state index contributed by atoms with van der Waals surface area (Å²) in [7, 11) is 1.46. The SMILES string of the molecule is COc1ccc(-c2ccc(CN)c(F)c2)c(F)c1. The Hall–Kier alpha value is -1.94. The number of rotatable bonds is 3. The molecule has 0 aliphatic rings. The third-order valence-electron chi connectivity index (χ3n) is 2.76. The molecule has 0 unspecified atom stereocenters. The Morgan fingerprint density at radius 2 is 1.83 bits per heavy atom. The maximum atomic E-state index is 13.8. The fraction of sp³-hybridized carbons (Fsp3) is 0.143. The number of halogens is 2. The van der Waals surface area contributed by atoms with Gasteiger partial charge in [-0.15, -0.1) is 0 Å². The van der Waals surface area contributed by atoms with E-state index in [0.29, 0.717) is 22.4 Å². The standard InChI is InChI=1S/C14H13F2NO/c1-18-11-4-5-12(14(16)7-11)9-2-3-10(8-17)13(15)6-9/h2-7H,8,17H2,1H3. The van der Waals surface area contributed by atoms with Crippen molar-refractivity contribution < 1.29 is 13.5 Å². The number of nitrogens with two attached hydrogens (primary N) is 1. The fourth-order valence-electron chi connectivity index (χ4n) is 1.74. The van der Waals surface area contributed by atoms with Crippen molar-refractivity contribution in [1.82, 2.24) is 0 Å². The van der Waals surface area contributed by atoms with Crippen molar-refractivity contribution in [2.45, 2.75) is 6.54 Å². The summed E-state index contributed by atoms with van der Waals surface area (Å²) in [6.07, 6.45) is 0.